The van der Waals surface area contributed by atoms with Crippen LogP contribution in [0.2, 0.25) is 0 Å². The number of nitrogens with zero attached hydrogens (tertiary/aromatic N) is 2. The molecule has 0 unspecified atom stereocenters. The summed E-state index contributed by atoms with van der Waals surface area (Å²) in [6, 6.07) is 17.1. The summed E-state index contributed by atoms with van der Waals surface area (Å²) in [5.74, 6) is 0.242. The van der Waals surface area contributed by atoms with Gasteiger partial charge in [0.2, 0.25) is 0 Å². The summed E-state index contributed by atoms with van der Waals surface area (Å²) in [7, 11) is 1.35. The van der Waals surface area contributed by atoms with Gasteiger partial charge in [0.1, 0.15) is 18.5 Å². The lowest BCUT2D eigenvalue weighted by Crippen LogP contribution is -2.49. The molecule has 1 aliphatic rings. The van der Waals surface area contributed by atoms with Crippen molar-refractivity contribution in [3.05, 3.63) is 60.2 Å². The van der Waals surface area contributed by atoms with Crippen LogP contribution < -0.4 is 9.64 Å². The maximum Gasteiger partial charge on any atom is 0.337 e. The van der Waals surface area contributed by atoms with Crippen molar-refractivity contribution in [3.63, 3.8) is 0 Å². The van der Waals surface area contributed by atoms with Gasteiger partial charge < -0.3 is 19.5 Å². The maximum atomic E-state index is 11.4. The van der Waals surface area contributed by atoms with Gasteiger partial charge in [-0.05, 0) is 36.4 Å². The zero-order chi connectivity index (χ0) is 19.1. The van der Waals surface area contributed by atoms with E-state index < -0.39 is 6.10 Å². The molecule has 0 spiro atoms. The van der Waals surface area contributed by atoms with Crippen molar-refractivity contribution >= 4 is 11.7 Å². The molecule has 0 aromatic heterocycles. The van der Waals surface area contributed by atoms with Gasteiger partial charge >= 0.3 is 5.97 Å². The van der Waals surface area contributed by atoms with Crippen LogP contribution in [0, 0.1) is 0 Å². The number of para-hydroxylation sites is 1. The molecule has 6 nitrogen and oxygen atoms in total. The number of rotatable bonds is 7. The summed E-state index contributed by atoms with van der Waals surface area (Å²) in [4.78, 5) is 16.0. The molecular formula is C21H26N2O4. The maximum absolute atomic E-state index is 11.4. The number of hydrogen-bond donors (Lipinski definition) is 1. The summed E-state index contributed by atoms with van der Waals surface area (Å²) in [6.45, 7) is 4.54. The lowest BCUT2D eigenvalue weighted by molar-refractivity contribution is 0.0599. The molecule has 1 aliphatic heterocycles. The minimum atomic E-state index is -0.562. The molecule has 0 saturated carbocycles. The third kappa shape index (κ3) is 5.45. The number of β-amino-alcohol motifs (C(OH)–C–C–N with tert-alkyl or cyclic N) is 1. The predicted octanol–water partition coefficient (Wildman–Crippen LogP) is 2.04. The molecule has 1 atom stereocenters. The van der Waals surface area contributed by atoms with E-state index in [1.165, 1.54) is 12.8 Å². The minimum absolute atomic E-state index is 0.219. The Hall–Kier alpha value is -2.57. The molecule has 0 amide bonds. The van der Waals surface area contributed by atoms with Gasteiger partial charge in [-0.15, -0.1) is 0 Å². The number of esters is 1. The van der Waals surface area contributed by atoms with Gasteiger partial charge in [0, 0.05) is 38.4 Å². The Kier molecular flexibility index (Phi) is 6.68. The van der Waals surface area contributed by atoms with Crippen LogP contribution in [0.5, 0.6) is 5.75 Å². The van der Waals surface area contributed by atoms with Crippen LogP contribution in [-0.4, -0.2) is 68.5 Å². The minimum Gasteiger partial charge on any atom is -0.491 e. The van der Waals surface area contributed by atoms with Gasteiger partial charge in [-0.1, -0.05) is 18.2 Å². The Labute approximate surface area is 159 Å². The zero-order valence-corrected chi connectivity index (χ0v) is 15.6. The smallest absolute Gasteiger partial charge is 0.337 e. The van der Waals surface area contributed by atoms with Gasteiger partial charge in [-0.3, -0.25) is 4.90 Å². The second-order valence-corrected chi connectivity index (χ2v) is 6.60. The Bertz CT molecular complexity index is 713. The highest BCUT2D eigenvalue weighted by Gasteiger charge is 2.19. The van der Waals surface area contributed by atoms with Crippen LogP contribution in [0.3, 0.4) is 0 Å². The average molecular weight is 370 g/mol. The first kappa shape index (κ1) is 19.2. The average Bonchev–Trinajstić information content (AvgIpc) is 2.73. The van der Waals surface area contributed by atoms with Crippen LogP contribution in [0.4, 0.5) is 5.69 Å². The monoisotopic (exact) mass is 370 g/mol. The Balaban J connectivity index is 1.40. The van der Waals surface area contributed by atoms with E-state index in [9.17, 15) is 9.90 Å². The van der Waals surface area contributed by atoms with Crippen LogP contribution in [0.15, 0.2) is 54.6 Å². The van der Waals surface area contributed by atoms with Crippen LogP contribution in [0.25, 0.3) is 0 Å². The van der Waals surface area contributed by atoms with Gasteiger partial charge in [0.15, 0.2) is 0 Å². The van der Waals surface area contributed by atoms with E-state index in [-0.39, 0.29) is 12.6 Å². The molecule has 1 fully saturated rings. The quantitative estimate of drug-likeness (QED) is 0.753. The van der Waals surface area contributed by atoms with Crippen molar-refractivity contribution in [2.75, 3.05) is 51.3 Å². The first-order chi connectivity index (χ1) is 13.2. The summed E-state index contributed by atoms with van der Waals surface area (Å²) in [6.07, 6.45) is -0.562. The Morgan fingerprint density at radius 1 is 1.04 bits per heavy atom. The largest absolute Gasteiger partial charge is 0.491 e. The lowest BCUT2D eigenvalue weighted by Gasteiger charge is -2.36. The number of carbonyl (C=O) groups excluding carboxylic acids is 1. The van der Waals surface area contributed by atoms with Crippen LogP contribution in [0.1, 0.15) is 10.4 Å². The number of ether oxygens (including phenoxy) is 2. The van der Waals surface area contributed by atoms with Crippen molar-refractivity contribution in [1.29, 1.82) is 0 Å². The SMILES string of the molecule is COC(=O)c1ccc(OC[C@H](O)CN2CCN(c3ccccc3)CC2)cc1. The van der Waals surface area contributed by atoms with Gasteiger partial charge in [-0.2, -0.15) is 0 Å². The predicted molar refractivity (Wildman–Crippen MR) is 104 cm³/mol. The molecule has 1 saturated heterocycles. The summed E-state index contributed by atoms with van der Waals surface area (Å²) in [5.41, 5.74) is 1.72. The van der Waals surface area contributed by atoms with E-state index in [4.69, 9.17) is 4.74 Å². The number of methoxy groups -OCH3 is 1. The molecule has 0 aliphatic carbocycles. The fraction of sp³-hybridized carbons (Fsp3) is 0.381. The number of hydrogen-bond acceptors (Lipinski definition) is 6. The number of piperazine rings is 1. The third-order valence-corrected chi connectivity index (χ3v) is 4.68. The number of aliphatic hydroxyl groups is 1. The Morgan fingerprint density at radius 3 is 2.33 bits per heavy atom. The molecule has 0 bridgehead atoms. The molecule has 3 rings (SSSR count). The number of carbonyl (C=O) groups is 1. The van der Waals surface area contributed by atoms with E-state index in [0.717, 1.165) is 26.2 Å². The van der Waals surface area contributed by atoms with Crippen molar-refractivity contribution in [2.24, 2.45) is 0 Å². The Morgan fingerprint density at radius 2 is 1.70 bits per heavy atom. The molecule has 27 heavy (non-hydrogen) atoms. The molecule has 0 radical (unpaired) electrons. The van der Waals surface area contributed by atoms with Gasteiger partial charge in [-0.25, -0.2) is 4.79 Å². The molecule has 1 N–H and O–H groups in total. The first-order valence-electron chi connectivity index (χ1n) is 9.17. The summed E-state index contributed by atoms with van der Waals surface area (Å²) in [5, 5.41) is 10.3. The lowest BCUT2D eigenvalue weighted by atomic mass is 10.2. The van der Waals surface area contributed by atoms with E-state index in [1.807, 2.05) is 6.07 Å². The highest BCUT2D eigenvalue weighted by Crippen LogP contribution is 2.16. The number of aliphatic hydroxyl groups excluding tert-OH is 1. The number of benzene rings is 2. The first-order valence-corrected chi connectivity index (χ1v) is 9.17. The molecule has 2 aromatic rings. The second-order valence-electron chi connectivity index (χ2n) is 6.60. The molecular weight excluding hydrogens is 344 g/mol. The van der Waals surface area contributed by atoms with Crippen molar-refractivity contribution < 1.29 is 19.4 Å². The zero-order valence-electron chi connectivity index (χ0n) is 15.6. The fourth-order valence-corrected chi connectivity index (χ4v) is 3.18. The van der Waals surface area contributed by atoms with Crippen molar-refractivity contribution in [1.82, 2.24) is 4.90 Å². The normalized spacial score (nSPS) is 16.0. The molecule has 1 heterocycles. The van der Waals surface area contributed by atoms with E-state index in [1.54, 1.807) is 24.3 Å². The van der Waals surface area contributed by atoms with E-state index >= 15 is 0 Å². The van der Waals surface area contributed by atoms with Gasteiger partial charge in [0.05, 0.1) is 12.7 Å². The standard InChI is InChI=1S/C21H26N2O4/c1-26-21(25)17-7-9-20(10-8-17)27-16-19(24)15-22-11-13-23(14-12-22)18-5-3-2-4-6-18/h2-10,19,24H,11-16H2,1H3/t19-/m1/s1. The third-order valence-electron chi connectivity index (χ3n) is 4.68. The molecule has 144 valence electrons. The summed E-state index contributed by atoms with van der Waals surface area (Å²) < 4.78 is 10.3. The molecule has 2 aromatic carbocycles. The van der Waals surface area contributed by atoms with Crippen LogP contribution in [-0.2, 0) is 4.74 Å². The highest BCUT2D eigenvalue weighted by molar-refractivity contribution is 5.89. The summed E-state index contributed by atoms with van der Waals surface area (Å²) >= 11 is 0. The van der Waals surface area contributed by atoms with Crippen LogP contribution >= 0.6 is 0 Å². The van der Waals surface area contributed by atoms with Crippen molar-refractivity contribution in [3.8, 4) is 5.75 Å². The highest BCUT2D eigenvalue weighted by atomic mass is 16.5. The number of anilines is 1. The van der Waals surface area contributed by atoms with E-state index in [0.29, 0.717) is 17.9 Å². The van der Waals surface area contributed by atoms with Gasteiger partial charge in [0.25, 0.3) is 0 Å². The fourth-order valence-electron chi connectivity index (χ4n) is 3.18. The topological polar surface area (TPSA) is 62.2 Å². The second kappa shape index (κ2) is 9.39. The van der Waals surface area contributed by atoms with Crippen molar-refractivity contribution in [2.45, 2.75) is 6.10 Å². The van der Waals surface area contributed by atoms with E-state index in [2.05, 4.69) is 38.8 Å². The molecule has 6 heteroatoms.